The molecule has 3 aromatic heterocycles. The molecule has 5 aromatic rings. The molecule has 5 rings (SSSR count). The fourth-order valence-electron chi connectivity index (χ4n) is 3.79. The minimum atomic E-state index is -2.58. The Hall–Kier alpha value is -4.02. The van der Waals surface area contributed by atoms with Gasteiger partial charge in [0.1, 0.15) is 6.33 Å². The topological polar surface area (TPSA) is 125 Å². The van der Waals surface area contributed by atoms with Gasteiger partial charge in [-0.1, -0.05) is 34.5 Å². The highest BCUT2D eigenvalue weighted by Gasteiger charge is 2.19. The average Bonchev–Trinajstić information content (AvgIpc) is 3.51. The highest BCUT2D eigenvalue weighted by atomic mass is 35.5. The Kier molecular flexibility index (Phi) is 7.97. The van der Waals surface area contributed by atoms with Crippen LogP contribution >= 0.6 is 34.5 Å². The number of fused-ring (bicyclic) bond motifs is 1. The van der Waals surface area contributed by atoms with Gasteiger partial charge in [0.15, 0.2) is 22.6 Å². The SMILES string of the molecule is Cn1cnc(Cn2c(=O)nc(Nc3cc4sc(NCC(F)F)nc4cc3Cl)n(Cc3cc(F)c(F)c(Cl)c3)c2=O)n1. The highest BCUT2D eigenvalue weighted by molar-refractivity contribution is 7.22. The molecule has 0 unspecified atom stereocenters. The van der Waals surface area contributed by atoms with Crippen molar-refractivity contribution >= 4 is 61.5 Å². The number of alkyl halides is 2. The largest absolute Gasteiger partial charge is 0.356 e. The van der Waals surface area contributed by atoms with Crippen LogP contribution in [0.1, 0.15) is 11.4 Å². The van der Waals surface area contributed by atoms with Crippen molar-refractivity contribution in [2.45, 2.75) is 19.5 Å². The molecule has 0 radical (unpaired) electrons. The summed E-state index contributed by atoms with van der Waals surface area (Å²) in [7, 11) is 1.61. The van der Waals surface area contributed by atoms with Crippen LogP contribution in [0.2, 0.25) is 10.0 Å². The van der Waals surface area contributed by atoms with Crippen LogP contribution < -0.4 is 22.0 Å². The number of rotatable bonds is 9. The molecular formula is C23H17Cl2F4N9O2S. The van der Waals surface area contributed by atoms with Gasteiger partial charge < -0.3 is 10.6 Å². The Labute approximate surface area is 241 Å². The van der Waals surface area contributed by atoms with E-state index < -0.39 is 41.0 Å². The van der Waals surface area contributed by atoms with Crippen molar-refractivity contribution in [2.24, 2.45) is 7.05 Å². The summed E-state index contributed by atoms with van der Waals surface area (Å²) in [5, 5.41) is 9.28. The second-order valence-corrected chi connectivity index (χ2v) is 10.4. The number of aryl methyl sites for hydroxylation is 1. The van der Waals surface area contributed by atoms with E-state index in [2.05, 4.69) is 30.7 Å². The third-order valence-electron chi connectivity index (χ3n) is 5.61. The number of anilines is 3. The molecule has 2 aromatic carbocycles. The second-order valence-electron chi connectivity index (χ2n) is 8.60. The monoisotopic (exact) mass is 629 g/mol. The molecule has 18 heteroatoms. The molecule has 0 amide bonds. The molecule has 214 valence electrons. The van der Waals surface area contributed by atoms with Gasteiger partial charge in [0, 0.05) is 7.05 Å². The number of benzene rings is 2. The number of hydrogen-bond donors (Lipinski definition) is 2. The van der Waals surface area contributed by atoms with Gasteiger partial charge in [-0.25, -0.2) is 41.7 Å². The maximum Gasteiger partial charge on any atom is 0.355 e. The molecule has 0 spiro atoms. The zero-order valence-corrected chi connectivity index (χ0v) is 23.0. The summed E-state index contributed by atoms with van der Waals surface area (Å²) in [5.41, 5.74) is -1.09. The van der Waals surface area contributed by atoms with E-state index in [1.54, 1.807) is 7.05 Å². The van der Waals surface area contributed by atoms with Crippen LogP contribution in [0.15, 0.2) is 40.2 Å². The van der Waals surface area contributed by atoms with Gasteiger partial charge in [-0.2, -0.15) is 10.1 Å². The first-order chi connectivity index (χ1) is 19.5. The van der Waals surface area contributed by atoms with Crippen molar-refractivity contribution < 1.29 is 17.6 Å². The van der Waals surface area contributed by atoms with Crippen LogP contribution in [0.3, 0.4) is 0 Å². The van der Waals surface area contributed by atoms with Crippen LogP contribution in [-0.2, 0) is 20.1 Å². The van der Waals surface area contributed by atoms with E-state index in [-0.39, 0.29) is 46.3 Å². The molecule has 11 nitrogen and oxygen atoms in total. The van der Waals surface area contributed by atoms with Crippen molar-refractivity contribution in [1.29, 1.82) is 0 Å². The maximum absolute atomic E-state index is 14.1. The summed E-state index contributed by atoms with van der Waals surface area (Å²) in [5.74, 6) is -2.60. The third-order valence-corrected chi connectivity index (χ3v) is 7.18. The molecule has 0 aliphatic carbocycles. The van der Waals surface area contributed by atoms with Gasteiger partial charge in [0.05, 0.1) is 45.6 Å². The van der Waals surface area contributed by atoms with Crippen LogP contribution in [0.5, 0.6) is 0 Å². The smallest absolute Gasteiger partial charge is 0.355 e. The van der Waals surface area contributed by atoms with Crippen LogP contribution in [0.25, 0.3) is 10.2 Å². The number of thiazole rings is 1. The number of halogens is 6. The van der Waals surface area contributed by atoms with Gasteiger partial charge in [-0.3, -0.25) is 9.25 Å². The predicted molar refractivity (Wildman–Crippen MR) is 146 cm³/mol. The Morgan fingerprint density at radius 2 is 1.80 bits per heavy atom. The van der Waals surface area contributed by atoms with Crippen LogP contribution in [0.4, 0.5) is 34.3 Å². The van der Waals surface area contributed by atoms with Crippen LogP contribution in [-0.4, -0.2) is 46.8 Å². The fourth-order valence-corrected chi connectivity index (χ4v) is 5.12. The van der Waals surface area contributed by atoms with Gasteiger partial charge in [0.25, 0.3) is 6.43 Å². The number of nitrogens with zero attached hydrogens (tertiary/aromatic N) is 7. The lowest BCUT2D eigenvalue weighted by atomic mass is 10.2. The molecule has 0 bridgehead atoms. The summed E-state index contributed by atoms with van der Waals surface area (Å²) < 4.78 is 56.8. The first-order valence-corrected chi connectivity index (χ1v) is 13.1. The maximum atomic E-state index is 14.1. The van der Waals surface area contributed by atoms with E-state index in [0.717, 1.165) is 32.6 Å². The lowest BCUT2D eigenvalue weighted by molar-refractivity contribution is 0.163. The fraction of sp³-hybridized carbons (Fsp3) is 0.217. The van der Waals surface area contributed by atoms with Crippen molar-refractivity contribution in [2.75, 3.05) is 17.2 Å². The van der Waals surface area contributed by atoms with Crippen molar-refractivity contribution in [3.63, 3.8) is 0 Å². The first kappa shape index (κ1) is 28.5. The van der Waals surface area contributed by atoms with Gasteiger partial charge in [-0.15, -0.1) is 0 Å². The first-order valence-electron chi connectivity index (χ1n) is 11.6. The minimum absolute atomic E-state index is 0.0979. The summed E-state index contributed by atoms with van der Waals surface area (Å²) >= 11 is 13.3. The standard InChI is InChI=1S/C23H17Cl2F4N9O2S/c1-36-9-31-18(35-36)8-38-22(39)34-20(37(23(38)40)7-10-2-12(25)19(29)13(26)3-10)32-14-5-16-15(4-11(14)24)33-21(41-16)30-6-17(27)28/h2-5,9,17H,6-8H2,1H3,(H,30,33)(H,32,34,39). The van der Waals surface area contributed by atoms with Crippen molar-refractivity contribution in [1.82, 2.24) is 33.9 Å². The van der Waals surface area contributed by atoms with E-state index in [1.165, 1.54) is 23.1 Å². The third kappa shape index (κ3) is 6.18. The van der Waals surface area contributed by atoms with Crippen molar-refractivity contribution in [3.05, 3.63) is 84.6 Å². The zero-order chi connectivity index (χ0) is 29.4. The molecule has 0 saturated carbocycles. The molecule has 0 aliphatic heterocycles. The number of hydrogen-bond acceptors (Lipinski definition) is 9. The quantitative estimate of drug-likeness (QED) is 0.183. The second kappa shape index (κ2) is 11.5. The predicted octanol–water partition coefficient (Wildman–Crippen LogP) is 4.25. The molecular weight excluding hydrogens is 613 g/mol. The molecule has 2 N–H and O–H groups in total. The normalized spacial score (nSPS) is 11.5. The lowest BCUT2D eigenvalue weighted by Crippen LogP contribution is -2.43. The van der Waals surface area contributed by atoms with E-state index in [9.17, 15) is 27.2 Å². The zero-order valence-electron chi connectivity index (χ0n) is 20.7. The van der Waals surface area contributed by atoms with Crippen molar-refractivity contribution in [3.8, 4) is 0 Å². The average molecular weight is 630 g/mol. The summed E-state index contributed by atoms with van der Waals surface area (Å²) in [6.07, 6.45) is -1.19. The van der Waals surface area contributed by atoms with E-state index in [0.29, 0.717) is 10.2 Å². The molecule has 0 atom stereocenters. The highest BCUT2D eigenvalue weighted by Crippen LogP contribution is 2.34. The minimum Gasteiger partial charge on any atom is -0.356 e. The van der Waals surface area contributed by atoms with Gasteiger partial charge in [0.2, 0.25) is 5.95 Å². The molecule has 0 saturated heterocycles. The van der Waals surface area contributed by atoms with E-state index in [1.807, 2.05) is 0 Å². The molecule has 0 aliphatic rings. The lowest BCUT2D eigenvalue weighted by Gasteiger charge is -2.16. The summed E-state index contributed by atoms with van der Waals surface area (Å²) in [4.78, 5) is 38.7. The van der Waals surface area contributed by atoms with E-state index >= 15 is 0 Å². The summed E-state index contributed by atoms with van der Waals surface area (Å²) in [6.45, 7) is -1.28. The number of aromatic nitrogens is 7. The Bertz CT molecular complexity index is 1870. The van der Waals surface area contributed by atoms with Gasteiger partial charge in [-0.05, 0) is 29.8 Å². The summed E-state index contributed by atoms with van der Waals surface area (Å²) in [6, 6.07) is 5.00. The molecule has 0 fully saturated rings. The van der Waals surface area contributed by atoms with Crippen LogP contribution in [0, 0.1) is 11.6 Å². The Morgan fingerprint density at radius 3 is 2.49 bits per heavy atom. The van der Waals surface area contributed by atoms with Gasteiger partial charge >= 0.3 is 11.4 Å². The Morgan fingerprint density at radius 1 is 1.02 bits per heavy atom. The molecule has 41 heavy (non-hydrogen) atoms. The molecule has 3 heterocycles. The Balaban J connectivity index is 1.58. The van der Waals surface area contributed by atoms with E-state index in [4.69, 9.17) is 23.2 Å². The number of nitrogens with one attached hydrogen (secondary N) is 2.